The lowest BCUT2D eigenvalue weighted by molar-refractivity contribution is 0.591. The summed E-state index contributed by atoms with van der Waals surface area (Å²) in [5.74, 6) is 0. The summed E-state index contributed by atoms with van der Waals surface area (Å²) in [5, 5.41) is 0. The van der Waals surface area contributed by atoms with Crippen molar-refractivity contribution in [3.05, 3.63) is 144 Å². The van der Waals surface area contributed by atoms with Crippen LogP contribution >= 0.6 is 0 Å². The van der Waals surface area contributed by atoms with Crippen molar-refractivity contribution >= 4 is 86.4 Å². The second kappa shape index (κ2) is 11.4. The van der Waals surface area contributed by atoms with Crippen LogP contribution in [-0.2, 0) is 16.2 Å². The van der Waals surface area contributed by atoms with Crippen LogP contribution in [0.15, 0.2) is 127 Å². The molecule has 0 bridgehead atoms. The molecule has 1 nitrogen and oxygen atoms in total. The van der Waals surface area contributed by atoms with E-state index in [9.17, 15) is 0 Å². The molecule has 0 N–H and O–H groups in total. The second-order valence-electron chi connectivity index (χ2n) is 18.6. The van der Waals surface area contributed by atoms with Gasteiger partial charge in [-0.2, -0.15) is 0 Å². The predicted molar refractivity (Wildman–Crippen MR) is 231 cm³/mol. The van der Waals surface area contributed by atoms with E-state index in [2.05, 4.69) is 195 Å². The van der Waals surface area contributed by atoms with E-state index >= 15 is 0 Å². The fourth-order valence-electron chi connectivity index (χ4n) is 9.29. The Kier molecular flexibility index (Phi) is 7.28. The van der Waals surface area contributed by atoms with Crippen molar-refractivity contribution in [2.24, 2.45) is 0 Å². The third-order valence-electron chi connectivity index (χ3n) is 12.0. The van der Waals surface area contributed by atoms with Crippen LogP contribution in [0, 0.1) is 0 Å². The van der Waals surface area contributed by atoms with E-state index in [1.54, 1.807) is 0 Å². The SMILES string of the molecule is CC(C)(C)c1cc2c3c(c1)B(c1ccccc1)c1cc(C(C)(C)C)cc4c1N3c1c(cc(C(C)(C)C)cc1B4c1ccccc1)B2c1ccccc1. The minimum atomic E-state index is -0.0221. The average molecular weight is 671 g/mol. The highest BCUT2D eigenvalue weighted by Crippen LogP contribution is 2.41. The Morgan fingerprint density at radius 3 is 0.731 bits per heavy atom. The Bertz CT molecular complexity index is 2020. The van der Waals surface area contributed by atoms with Gasteiger partial charge in [0, 0.05) is 17.1 Å². The van der Waals surface area contributed by atoms with Crippen molar-refractivity contribution in [3.63, 3.8) is 0 Å². The first-order valence-corrected chi connectivity index (χ1v) is 19.2. The number of rotatable bonds is 3. The van der Waals surface area contributed by atoms with Crippen molar-refractivity contribution in [2.45, 2.75) is 78.6 Å². The van der Waals surface area contributed by atoms with Gasteiger partial charge in [-0.1, -0.05) is 206 Å². The normalized spacial score (nSPS) is 14.5. The van der Waals surface area contributed by atoms with Crippen LogP contribution in [0.25, 0.3) is 0 Å². The summed E-state index contributed by atoms with van der Waals surface area (Å²) in [6, 6.07) is 49.4. The monoisotopic (exact) mass is 671 g/mol. The van der Waals surface area contributed by atoms with Gasteiger partial charge in [0.25, 0.3) is 0 Å². The smallest absolute Gasteiger partial charge is 0.246 e. The minimum Gasteiger partial charge on any atom is -0.314 e. The van der Waals surface area contributed by atoms with Crippen molar-refractivity contribution in [1.82, 2.24) is 0 Å². The summed E-state index contributed by atoms with van der Waals surface area (Å²) in [5.41, 5.74) is 20.9. The van der Waals surface area contributed by atoms with E-state index in [1.165, 1.54) is 82.9 Å². The largest absolute Gasteiger partial charge is 0.314 e. The third-order valence-corrected chi connectivity index (χ3v) is 12.0. The molecule has 3 heterocycles. The van der Waals surface area contributed by atoms with E-state index in [-0.39, 0.29) is 36.4 Å². The zero-order valence-corrected chi connectivity index (χ0v) is 32.3. The molecule has 0 saturated carbocycles. The molecule has 0 radical (unpaired) electrons. The molecule has 0 fully saturated rings. The highest BCUT2D eigenvalue weighted by molar-refractivity contribution is 7.06. The maximum atomic E-state index is 2.74. The van der Waals surface area contributed by atoms with Gasteiger partial charge in [-0.3, -0.25) is 0 Å². The molecule has 0 spiro atoms. The summed E-state index contributed by atoms with van der Waals surface area (Å²) in [6.45, 7) is 21.7. The molecule has 0 atom stereocenters. The van der Waals surface area contributed by atoms with Gasteiger partial charge in [-0.25, -0.2) is 0 Å². The Morgan fingerprint density at radius 1 is 0.327 bits per heavy atom. The first-order chi connectivity index (χ1) is 24.7. The summed E-state index contributed by atoms with van der Waals surface area (Å²) in [4.78, 5) is 2.74. The maximum absolute atomic E-state index is 2.74. The molecule has 3 aliphatic rings. The number of benzene rings is 6. The molecule has 6 aromatic rings. The van der Waals surface area contributed by atoms with Gasteiger partial charge >= 0.3 is 0 Å². The second-order valence-corrected chi connectivity index (χ2v) is 18.6. The lowest BCUT2D eigenvalue weighted by Gasteiger charge is -2.50. The van der Waals surface area contributed by atoms with Gasteiger partial charge < -0.3 is 4.90 Å². The van der Waals surface area contributed by atoms with Crippen LogP contribution < -0.4 is 54.1 Å². The highest BCUT2D eigenvalue weighted by atomic mass is 15.2. The quantitative estimate of drug-likeness (QED) is 0.223. The molecule has 9 rings (SSSR count). The maximum Gasteiger partial charge on any atom is 0.246 e. The molecule has 254 valence electrons. The summed E-state index contributed by atoms with van der Waals surface area (Å²) < 4.78 is 0. The molecule has 0 saturated heterocycles. The Hall–Kier alpha value is -4.69. The summed E-state index contributed by atoms with van der Waals surface area (Å²) in [7, 11) is 0. The van der Waals surface area contributed by atoms with Crippen LogP contribution in [0.1, 0.15) is 79.0 Å². The molecule has 0 aliphatic carbocycles. The lowest BCUT2D eigenvalue weighted by atomic mass is 9.26. The van der Waals surface area contributed by atoms with Crippen molar-refractivity contribution in [2.75, 3.05) is 4.90 Å². The van der Waals surface area contributed by atoms with Crippen molar-refractivity contribution in [1.29, 1.82) is 0 Å². The highest BCUT2D eigenvalue weighted by Gasteiger charge is 2.50. The van der Waals surface area contributed by atoms with Gasteiger partial charge in [0.15, 0.2) is 0 Å². The van der Waals surface area contributed by atoms with E-state index < -0.39 is 0 Å². The standard InChI is InChI=1S/C48H48B3N/c1-46(2,3)31-25-37-43-38(26-31)50(35-21-15-11-16-22-35)40-28-33(48(7,8)9)30-42-45(40)52(43)44-39(49(37)34-19-13-10-14-20-34)27-32(47(4,5)6)29-41(44)51(42)36-23-17-12-18-24-36/h10-30H,1-9H3. The lowest BCUT2D eigenvalue weighted by Crippen LogP contribution is -2.71. The minimum absolute atomic E-state index is 0.0221. The zero-order chi connectivity index (χ0) is 36.3. The Balaban J connectivity index is 1.52. The number of anilines is 3. The zero-order valence-electron chi connectivity index (χ0n) is 32.3. The first-order valence-electron chi connectivity index (χ1n) is 19.2. The van der Waals surface area contributed by atoms with Gasteiger partial charge in [0.1, 0.15) is 0 Å². The van der Waals surface area contributed by atoms with E-state index in [4.69, 9.17) is 0 Å². The molecule has 0 unspecified atom stereocenters. The molecule has 3 aliphatic heterocycles. The predicted octanol–water partition coefficient (Wildman–Crippen LogP) is 5.54. The van der Waals surface area contributed by atoms with Crippen molar-refractivity contribution in [3.8, 4) is 0 Å². The molecular weight excluding hydrogens is 623 g/mol. The van der Waals surface area contributed by atoms with Gasteiger partial charge in [0.05, 0.1) is 0 Å². The third kappa shape index (κ3) is 5.01. The van der Waals surface area contributed by atoms with Crippen LogP contribution in [0.3, 0.4) is 0 Å². The van der Waals surface area contributed by atoms with Crippen LogP contribution in [0.4, 0.5) is 17.1 Å². The van der Waals surface area contributed by atoms with Gasteiger partial charge in [0.2, 0.25) is 20.1 Å². The molecule has 6 aromatic carbocycles. The molecule has 0 amide bonds. The number of hydrogen-bond donors (Lipinski definition) is 0. The first kappa shape index (κ1) is 33.2. The fraction of sp³-hybridized carbons (Fsp3) is 0.250. The number of nitrogens with zero attached hydrogens (tertiary/aromatic N) is 1. The van der Waals surface area contributed by atoms with Crippen LogP contribution in [0.2, 0.25) is 0 Å². The van der Waals surface area contributed by atoms with Crippen LogP contribution in [-0.4, -0.2) is 20.1 Å². The number of hydrogen-bond acceptors (Lipinski definition) is 1. The molecule has 52 heavy (non-hydrogen) atoms. The topological polar surface area (TPSA) is 3.24 Å². The molecule has 0 aromatic heterocycles. The van der Waals surface area contributed by atoms with Gasteiger partial charge in [-0.15, -0.1) is 0 Å². The van der Waals surface area contributed by atoms with Crippen LogP contribution in [0.5, 0.6) is 0 Å². The van der Waals surface area contributed by atoms with Gasteiger partial charge in [-0.05, 0) is 65.7 Å². The van der Waals surface area contributed by atoms with E-state index in [0.29, 0.717) is 0 Å². The van der Waals surface area contributed by atoms with Crippen molar-refractivity contribution < 1.29 is 0 Å². The van der Waals surface area contributed by atoms with E-state index in [1.807, 2.05) is 0 Å². The molecule has 4 heteroatoms. The van der Waals surface area contributed by atoms with E-state index in [0.717, 1.165) is 0 Å². The molecular formula is C48H48B3N. The summed E-state index contributed by atoms with van der Waals surface area (Å²) in [6.07, 6.45) is 0. The Morgan fingerprint density at radius 2 is 0.538 bits per heavy atom. The Labute approximate surface area is 312 Å². The fourth-order valence-corrected chi connectivity index (χ4v) is 9.29. The average Bonchev–Trinajstić information content (AvgIpc) is 3.11. The summed E-state index contributed by atoms with van der Waals surface area (Å²) >= 11 is 0.